The second-order valence-corrected chi connectivity index (χ2v) is 5.44. The van der Waals surface area contributed by atoms with Gasteiger partial charge in [-0.1, -0.05) is 5.16 Å². The number of nitrogens with zero attached hydrogens (tertiary/aromatic N) is 1. The zero-order valence-electron chi connectivity index (χ0n) is 11.7. The first kappa shape index (κ1) is 14.0. The molecule has 2 N–H and O–H groups in total. The summed E-state index contributed by atoms with van der Waals surface area (Å²) in [6.07, 6.45) is 3.45. The molecular formula is C15H16F2N2O2. The average Bonchev–Trinajstić information content (AvgIpc) is 2.73. The Hall–Kier alpha value is -1.95. The normalized spacial score (nSPS) is 16.7. The summed E-state index contributed by atoms with van der Waals surface area (Å²) in [5, 5.41) is 3.94. The van der Waals surface area contributed by atoms with E-state index in [9.17, 15) is 8.78 Å². The standard InChI is InChI=1S/C15H16F2N2O2/c1-20-15(3-2-4-15)8-12-13(14(18)21-19-12)9-5-10(16)7-11(17)6-9/h5-7H,2-4,8,18H2,1H3. The van der Waals surface area contributed by atoms with E-state index in [0.29, 0.717) is 23.2 Å². The summed E-state index contributed by atoms with van der Waals surface area (Å²) >= 11 is 0. The number of nitrogens with two attached hydrogens (primary N) is 1. The molecule has 0 unspecified atom stereocenters. The van der Waals surface area contributed by atoms with Crippen LogP contribution in [0.3, 0.4) is 0 Å². The van der Waals surface area contributed by atoms with Crippen molar-refractivity contribution < 1.29 is 18.0 Å². The summed E-state index contributed by atoms with van der Waals surface area (Å²) in [5.41, 5.74) is 6.84. The average molecular weight is 294 g/mol. The van der Waals surface area contributed by atoms with Gasteiger partial charge in [-0.2, -0.15) is 0 Å². The first-order chi connectivity index (χ1) is 10.0. The lowest BCUT2D eigenvalue weighted by Gasteiger charge is -2.40. The summed E-state index contributed by atoms with van der Waals surface area (Å²) in [4.78, 5) is 0. The number of ether oxygens (including phenoxy) is 1. The van der Waals surface area contributed by atoms with E-state index < -0.39 is 11.6 Å². The summed E-state index contributed by atoms with van der Waals surface area (Å²) in [5.74, 6) is -1.27. The van der Waals surface area contributed by atoms with Crippen LogP contribution in [0.15, 0.2) is 22.7 Å². The van der Waals surface area contributed by atoms with Crippen LogP contribution in [0.2, 0.25) is 0 Å². The van der Waals surface area contributed by atoms with Crippen molar-refractivity contribution in [3.05, 3.63) is 35.5 Å². The number of rotatable bonds is 4. The monoisotopic (exact) mass is 294 g/mol. The van der Waals surface area contributed by atoms with Crippen molar-refractivity contribution in [2.75, 3.05) is 12.8 Å². The maximum atomic E-state index is 13.4. The molecule has 0 atom stereocenters. The lowest BCUT2D eigenvalue weighted by atomic mass is 9.76. The Morgan fingerprint density at radius 3 is 2.48 bits per heavy atom. The van der Waals surface area contributed by atoms with Crippen molar-refractivity contribution in [2.24, 2.45) is 0 Å². The maximum absolute atomic E-state index is 13.4. The molecule has 21 heavy (non-hydrogen) atoms. The SMILES string of the molecule is COC1(Cc2noc(N)c2-c2cc(F)cc(F)c2)CCC1. The molecule has 3 rings (SSSR count). The summed E-state index contributed by atoms with van der Waals surface area (Å²) in [6, 6.07) is 3.25. The largest absolute Gasteiger partial charge is 0.378 e. The molecule has 0 bridgehead atoms. The summed E-state index contributed by atoms with van der Waals surface area (Å²) < 4.78 is 37.4. The predicted molar refractivity (Wildman–Crippen MR) is 73.6 cm³/mol. The van der Waals surface area contributed by atoms with Gasteiger partial charge in [0.2, 0.25) is 5.88 Å². The quantitative estimate of drug-likeness (QED) is 0.939. The molecule has 1 aliphatic rings. The van der Waals surface area contributed by atoms with Gasteiger partial charge in [-0.15, -0.1) is 0 Å². The Morgan fingerprint density at radius 1 is 1.29 bits per heavy atom. The third-order valence-electron chi connectivity index (χ3n) is 4.13. The van der Waals surface area contributed by atoms with Crippen molar-refractivity contribution in [3.63, 3.8) is 0 Å². The molecule has 0 radical (unpaired) electrons. The fraction of sp³-hybridized carbons (Fsp3) is 0.400. The van der Waals surface area contributed by atoms with Crippen LogP contribution in [0.25, 0.3) is 11.1 Å². The first-order valence-corrected chi connectivity index (χ1v) is 6.79. The third kappa shape index (κ3) is 2.51. The highest BCUT2D eigenvalue weighted by Gasteiger charge is 2.39. The molecule has 4 nitrogen and oxygen atoms in total. The van der Waals surface area contributed by atoms with Crippen molar-refractivity contribution in [2.45, 2.75) is 31.3 Å². The molecule has 1 heterocycles. The predicted octanol–water partition coefficient (Wildman–Crippen LogP) is 3.31. The molecule has 1 aromatic heterocycles. The van der Waals surface area contributed by atoms with Crippen LogP contribution in [0.1, 0.15) is 25.0 Å². The molecule has 1 fully saturated rings. The van der Waals surface area contributed by atoms with Gasteiger partial charge in [0.1, 0.15) is 11.6 Å². The Kier molecular flexibility index (Phi) is 3.41. The number of hydrogen-bond acceptors (Lipinski definition) is 4. The molecule has 0 amide bonds. The van der Waals surface area contributed by atoms with E-state index in [1.165, 1.54) is 12.1 Å². The number of aromatic nitrogens is 1. The van der Waals surface area contributed by atoms with Crippen LogP contribution in [0.4, 0.5) is 14.7 Å². The van der Waals surface area contributed by atoms with Crippen molar-refractivity contribution in [1.29, 1.82) is 0 Å². The van der Waals surface area contributed by atoms with Crippen LogP contribution in [0, 0.1) is 11.6 Å². The fourth-order valence-electron chi connectivity index (χ4n) is 2.79. The second-order valence-electron chi connectivity index (χ2n) is 5.44. The minimum Gasteiger partial charge on any atom is -0.378 e. The highest BCUT2D eigenvalue weighted by molar-refractivity contribution is 5.75. The van der Waals surface area contributed by atoms with Crippen LogP contribution >= 0.6 is 0 Å². The molecule has 112 valence electrons. The number of anilines is 1. The zero-order chi connectivity index (χ0) is 15.0. The van der Waals surface area contributed by atoms with Gasteiger partial charge >= 0.3 is 0 Å². The molecule has 1 aliphatic carbocycles. The van der Waals surface area contributed by atoms with Gasteiger partial charge in [-0.05, 0) is 37.0 Å². The fourth-order valence-corrected chi connectivity index (χ4v) is 2.79. The van der Waals surface area contributed by atoms with E-state index in [0.717, 1.165) is 25.3 Å². The minimum atomic E-state index is -0.665. The Balaban J connectivity index is 2.00. The molecule has 1 aromatic carbocycles. The summed E-state index contributed by atoms with van der Waals surface area (Å²) in [7, 11) is 1.66. The number of benzene rings is 1. The van der Waals surface area contributed by atoms with Crippen molar-refractivity contribution >= 4 is 5.88 Å². The van der Waals surface area contributed by atoms with E-state index in [2.05, 4.69) is 5.16 Å². The topological polar surface area (TPSA) is 61.3 Å². The van der Waals surface area contributed by atoms with E-state index in [-0.39, 0.29) is 11.5 Å². The lowest BCUT2D eigenvalue weighted by Crippen LogP contribution is -2.41. The van der Waals surface area contributed by atoms with Gasteiger partial charge in [0.05, 0.1) is 16.9 Å². The number of halogens is 2. The van der Waals surface area contributed by atoms with Crippen molar-refractivity contribution in [1.82, 2.24) is 5.16 Å². The molecule has 2 aromatic rings. The van der Waals surface area contributed by atoms with Crippen LogP contribution < -0.4 is 5.73 Å². The lowest BCUT2D eigenvalue weighted by molar-refractivity contribution is -0.0717. The van der Waals surface area contributed by atoms with Gasteiger partial charge < -0.3 is 15.0 Å². The van der Waals surface area contributed by atoms with Gasteiger partial charge in [0.25, 0.3) is 0 Å². The van der Waals surface area contributed by atoms with Crippen molar-refractivity contribution in [3.8, 4) is 11.1 Å². The van der Waals surface area contributed by atoms with Gasteiger partial charge in [0, 0.05) is 19.6 Å². The Bertz CT molecular complexity index is 640. The van der Waals surface area contributed by atoms with E-state index in [1.807, 2.05) is 0 Å². The molecule has 0 saturated heterocycles. The minimum absolute atomic E-state index is 0.0561. The van der Waals surface area contributed by atoms with Crippen LogP contribution in [-0.4, -0.2) is 17.9 Å². The Labute approximate surface area is 120 Å². The molecule has 0 spiro atoms. The van der Waals surface area contributed by atoms with Gasteiger partial charge in [-0.25, -0.2) is 8.78 Å². The number of methoxy groups -OCH3 is 1. The summed E-state index contributed by atoms with van der Waals surface area (Å²) in [6.45, 7) is 0. The van der Waals surface area contributed by atoms with Crippen LogP contribution in [0.5, 0.6) is 0 Å². The first-order valence-electron chi connectivity index (χ1n) is 6.79. The van der Waals surface area contributed by atoms with E-state index in [1.54, 1.807) is 7.11 Å². The molecular weight excluding hydrogens is 278 g/mol. The van der Waals surface area contributed by atoms with E-state index >= 15 is 0 Å². The van der Waals surface area contributed by atoms with Gasteiger partial charge in [0.15, 0.2) is 0 Å². The Morgan fingerprint density at radius 2 is 1.95 bits per heavy atom. The third-order valence-corrected chi connectivity index (χ3v) is 4.13. The number of hydrogen-bond donors (Lipinski definition) is 1. The zero-order valence-corrected chi connectivity index (χ0v) is 11.7. The molecule has 0 aliphatic heterocycles. The molecule has 6 heteroatoms. The van der Waals surface area contributed by atoms with E-state index in [4.69, 9.17) is 15.0 Å². The highest BCUT2D eigenvalue weighted by Crippen LogP contribution is 2.41. The highest BCUT2D eigenvalue weighted by atomic mass is 19.1. The maximum Gasteiger partial charge on any atom is 0.230 e. The second kappa shape index (κ2) is 5.11. The number of nitrogen functional groups attached to an aromatic ring is 1. The van der Waals surface area contributed by atoms with Crippen LogP contribution in [-0.2, 0) is 11.2 Å². The smallest absolute Gasteiger partial charge is 0.230 e. The van der Waals surface area contributed by atoms with Gasteiger partial charge in [-0.3, -0.25) is 0 Å². The molecule has 1 saturated carbocycles.